The number of nitrogens with one attached hydrogen (secondary N) is 2. The third kappa shape index (κ3) is 6.05. The van der Waals surface area contributed by atoms with Crippen LogP contribution in [0.4, 0.5) is 13.6 Å². The number of hydrogen-bond donors (Lipinski definition) is 2. The molecule has 3 atom stereocenters. The van der Waals surface area contributed by atoms with Crippen molar-refractivity contribution in [2.24, 2.45) is 11.3 Å². The quantitative estimate of drug-likeness (QED) is 0.382. The fourth-order valence-corrected chi connectivity index (χ4v) is 5.68. The molecule has 1 saturated heterocycles. The maximum absolute atomic E-state index is 15.6. The van der Waals surface area contributed by atoms with Crippen molar-refractivity contribution in [1.29, 1.82) is 5.26 Å². The molecule has 1 aliphatic rings. The Balaban J connectivity index is 2.19. The summed E-state index contributed by atoms with van der Waals surface area (Å²) in [5.41, 5.74) is -1.89. The standard InChI is InChI=1S/C28H32Cl2F2N4O2/c1-27(2,3)14-17-15-36(26(38)35-12-6-9-23(37)34-4)25(19-7-5-8-21(30)24(19)32)28(17,16-33)20-11-10-18(29)13-22(20)31/h5,7-8,10-11,13,17,25H,6,9,12,14-15H2,1-4H3,(H,34,37)(H,35,38)/t17-,25-,28-/m1/s1. The molecule has 0 unspecified atom stereocenters. The first kappa shape index (κ1) is 29.7. The monoisotopic (exact) mass is 564 g/mol. The summed E-state index contributed by atoms with van der Waals surface area (Å²) in [6, 6.07) is 9.03. The van der Waals surface area contributed by atoms with Crippen molar-refractivity contribution >= 4 is 35.1 Å². The Hall–Kier alpha value is -2.89. The van der Waals surface area contributed by atoms with E-state index in [4.69, 9.17) is 23.2 Å². The summed E-state index contributed by atoms with van der Waals surface area (Å²) in [6.45, 7) is 6.23. The van der Waals surface area contributed by atoms with E-state index in [2.05, 4.69) is 16.7 Å². The number of likely N-dealkylation sites (tertiary alicyclic amines) is 1. The Morgan fingerprint density at radius 3 is 2.53 bits per heavy atom. The first-order valence-electron chi connectivity index (χ1n) is 12.4. The summed E-state index contributed by atoms with van der Waals surface area (Å²) in [7, 11) is 1.53. The molecule has 2 aromatic carbocycles. The van der Waals surface area contributed by atoms with Gasteiger partial charge in [0, 0.05) is 48.6 Å². The number of amides is 3. The van der Waals surface area contributed by atoms with E-state index in [1.165, 1.54) is 42.3 Å². The van der Waals surface area contributed by atoms with Crippen LogP contribution >= 0.6 is 23.2 Å². The summed E-state index contributed by atoms with van der Waals surface area (Å²) < 4.78 is 31.2. The first-order valence-corrected chi connectivity index (χ1v) is 13.2. The van der Waals surface area contributed by atoms with Gasteiger partial charge >= 0.3 is 6.03 Å². The van der Waals surface area contributed by atoms with Gasteiger partial charge in [0.05, 0.1) is 17.1 Å². The molecule has 0 aliphatic carbocycles. The van der Waals surface area contributed by atoms with Gasteiger partial charge in [-0.3, -0.25) is 4.79 Å². The van der Waals surface area contributed by atoms with E-state index in [0.29, 0.717) is 12.8 Å². The maximum atomic E-state index is 15.6. The smallest absolute Gasteiger partial charge is 0.317 e. The van der Waals surface area contributed by atoms with Crippen LogP contribution in [0.15, 0.2) is 36.4 Å². The number of carbonyl (C=O) groups excluding carboxylic acids is 2. The van der Waals surface area contributed by atoms with Gasteiger partial charge < -0.3 is 15.5 Å². The van der Waals surface area contributed by atoms with E-state index < -0.39 is 35.0 Å². The van der Waals surface area contributed by atoms with E-state index in [0.717, 1.165) is 6.07 Å². The lowest BCUT2D eigenvalue weighted by molar-refractivity contribution is -0.120. The number of nitriles is 1. The molecule has 204 valence electrons. The van der Waals surface area contributed by atoms with Crippen LogP contribution in [0.2, 0.25) is 10.0 Å². The maximum Gasteiger partial charge on any atom is 0.317 e. The predicted molar refractivity (Wildman–Crippen MR) is 144 cm³/mol. The van der Waals surface area contributed by atoms with Gasteiger partial charge in [-0.1, -0.05) is 62.2 Å². The molecule has 2 aromatic rings. The summed E-state index contributed by atoms with van der Waals surface area (Å²) in [5, 5.41) is 16.1. The van der Waals surface area contributed by atoms with Crippen LogP contribution in [0, 0.1) is 34.3 Å². The van der Waals surface area contributed by atoms with Crippen LogP contribution in [-0.4, -0.2) is 37.0 Å². The number of rotatable bonds is 7. The van der Waals surface area contributed by atoms with Gasteiger partial charge in [0.1, 0.15) is 17.0 Å². The molecule has 6 nitrogen and oxygen atoms in total. The number of carbonyl (C=O) groups is 2. The first-order chi connectivity index (χ1) is 17.9. The zero-order valence-electron chi connectivity index (χ0n) is 21.9. The molecule has 1 heterocycles. The number of hydrogen-bond acceptors (Lipinski definition) is 3. The molecule has 0 aromatic heterocycles. The minimum atomic E-state index is -1.65. The summed E-state index contributed by atoms with van der Waals surface area (Å²) >= 11 is 12.2. The Morgan fingerprint density at radius 1 is 1.21 bits per heavy atom. The van der Waals surface area contributed by atoms with Gasteiger partial charge in [0.2, 0.25) is 5.91 Å². The summed E-state index contributed by atoms with van der Waals surface area (Å²) in [4.78, 5) is 26.5. The SMILES string of the molecule is CNC(=O)CCCNC(=O)N1C[C@@H](CC(C)(C)C)[C@](C#N)(c2ccc(Cl)cc2F)[C@H]1c1cccc(Cl)c1F. The lowest BCUT2D eigenvalue weighted by atomic mass is 9.63. The van der Waals surface area contributed by atoms with Crippen molar-refractivity contribution in [1.82, 2.24) is 15.5 Å². The molecule has 3 amide bonds. The van der Waals surface area contributed by atoms with E-state index in [1.807, 2.05) is 20.8 Å². The van der Waals surface area contributed by atoms with Crippen molar-refractivity contribution in [2.75, 3.05) is 20.1 Å². The molecule has 38 heavy (non-hydrogen) atoms. The second kappa shape index (κ2) is 11.9. The fraction of sp³-hybridized carbons (Fsp3) is 0.464. The third-order valence-electron chi connectivity index (χ3n) is 6.90. The molecule has 0 spiro atoms. The topological polar surface area (TPSA) is 85.2 Å². The van der Waals surface area contributed by atoms with Gasteiger partial charge in [-0.05, 0) is 36.5 Å². The molecule has 10 heteroatoms. The highest BCUT2D eigenvalue weighted by molar-refractivity contribution is 6.31. The summed E-state index contributed by atoms with van der Waals surface area (Å²) in [5.74, 6) is -2.20. The normalized spacial score (nSPS) is 21.2. The van der Waals surface area contributed by atoms with E-state index in [1.54, 1.807) is 0 Å². The molecule has 1 fully saturated rings. The van der Waals surface area contributed by atoms with Crippen molar-refractivity contribution in [3.8, 4) is 6.07 Å². The van der Waals surface area contributed by atoms with Crippen molar-refractivity contribution in [2.45, 2.75) is 51.5 Å². The molecule has 2 N–H and O–H groups in total. The average molecular weight is 565 g/mol. The zero-order valence-corrected chi connectivity index (χ0v) is 23.4. The Morgan fingerprint density at radius 2 is 1.92 bits per heavy atom. The molecule has 3 rings (SSSR count). The van der Waals surface area contributed by atoms with Gasteiger partial charge in [-0.15, -0.1) is 0 Å². The number of nitrogens with zero attached hydrogens (tertiary/aromatic N) is 2. The van der Waals surface area contributed by atoms with Gasteiger partial charge in [-0.2, -0.15) is 5.26 Å². The minimum Gasteiger partial charge on any atom is -0.359 e. The van der Waals surface area contributed by atoms with E-state index >= 15 is 8.78 Å². The summed E-state index contributed by atoms with van der Waals surface area (Å²) in [6.07, 6.45) is 1.05. The van der Waals surface area contributed by atoms with Crippen molar-refractivity contribution in [3.05, 3.63) is 69.2 Å². The number of benzene rings is 2. The fourth-order valence-electron chi connectivity index (χ4n) is 5.34. The van der Waals surface area contributed by atoms with Crippen LogP contribution in [0.25, 0.3) is 0 Å². The van der Waals surface area contributed by atoms with Crippen molar-refractivity contribution < 1.29 is 18.4 Å². The van der Waals surface area contributed by atoms with Gasteiger partial charge in [0.25, 0.3) is 0 Å². The highest BCUT2D eigenvalue weighted by atomic mass is 35.5. The lowest BCUT2D eigenvalue weighted by Gasteiger charge is -2.38. The Bertz CT molecular complexity index is 1240. The van der Waals surface area contributed by atoms with Crippen LogP contribution in [0.3, 0.4) is 0 Å². The Kier molecular flexibility index (Phi) is 9.27. The molecule has 1 aliphatic heterocycles. The number of halogens is 4. The third-order valence-corrected chi connectivity index (χ3v) is 7.42. The second-order valence-electron chi connectivity index (χ2n) is 10.8. The van der Waals surface area contributed by atoms with E-state index in [-0.39, 0.29) is 52.0 Å². The van der Waals surface area contributed by atoms with Crippen LogP contribution in [0.5, 0.6) is 0 Å². The lowest BCUT2D eigenvalue weighted by Crippen LogP contribution is -2.44. The van der Waals surface area contributed by atoms with E-state index in [9.17, 15) is 14.9 Å². The molecular weight excluding hydrogens is 533 g/mol. The van der Waals surface area contributed by atoms with Crippen LogP contribution < -0.4 is 10.6 Å². The highest BCUT2D eigenvalue weighted by Crippen LogP contribution is 2.56. The van der Waals surface area contributed by atoms with Crippen LogP contribution in [-0.2, 0) is 10.2 Å². The average Bonchev–Trinajstić information content (AvgIpc) is 3.16. The van der Waals surface area contributed by atoms with Gasteiger partial charge in [-0.25, -0.2) is 13.6 Å². The van der Waals surface area contributed by atoms with Crippen LogP contribution in [0.1, 0.15) is 57.2 Å². The highest BCUT2D eigenvalue weighted by Gasteiger charge is 2.60. The van der Waals surface area contributed by atoms with Crippen molar-refractivity contribution in [3.63, 3.8) is 0 Å². The molecule has 0 bridgehead atoms. The number of urea groups is 1. The minimum absolute atomic E-state index is 0.0188. The zero-order chi connectivity index (χ0) is 28.3. The van der Waals surface area contributed by atoms with Gasteiger partial charge in [0.15, 0.2) is 0 Å². The second-order valence-corrected chi connectivity index (χ2v) is 11.6. The largest absolute Gasteiger partial charge is 0.359 e. The predicted octanol–water partition coefficient (Wildman–Crippen LogP) is 6.38. The molecular formula is C28H32Cl2F2N4O2. The molecule has 0 radical (unpaired) electrons. The Labute approximate surface area is 232 Å². The molecule has 0 saturated carbocycles.